The number of hydrogen-bond acceptors (Lipinski definition) is 6. The van der Waals surface area contributed by atoms with Crippen LogP contribution in [0.15, 0.2) is 36.4 Å². The van der Waals surface area contributed by atoms with Crippen molar-refractivity contribution < 1.29 is 19.0 Å². The Labute approximate surface area is 192 Å². The molecule has 0 radical (unpaired) electrons. The highest BCUT2D eigenvalue weighted by atomic mass is 19.1. The Morgan fingerprint density at radius 2 is 2.12 bits per heavy atom. The van der Waals surface area contributed by atoms with Gasteiger partial charge in [-0.1, -0.05) is 31.9 Å². The topological polar surface area (TPSA) is 102 Å². The standard InChI is InChI=1S/C25H29FN4O3/c1-3-4-6-16-14-17(33-25(27)32)11-12-30(16)24-18-10-9-15(2)13-20(18)28-23(29-24)22-19(26)7-5-8-21(22)31/h5,7-10,13,16-17,31H,3-4,6,11-12,14H2,1-2H3,(H2,27,32). The van der Waals surface area contributed by atoms with Crippen LogP contribution in [-0.4, -0.2) is 39.9 Å². The summed E-state index contributed by atoms with van der Waals surface area (Å²) in [7, 11) is 0. The van der Waals surface area contributed by atoms with E-state index in [1.807, 2.05) is 25.1 Å². The van der Waals surface area contributed by atoms with Crippen LogP contribution in [0.4, 0.5) is 15.0 Å². The Balaban J connectivity index is 1.83. The molecule has 4 rings (SSSR count). The van der Waals surface area contributed by atoms with Gasteiger partial charge in [0.2, 0.25) is 0 Å². The Hall–Kier alpha value is -3.42. The smallest absolute Gasteiger partial charge is 0.404 e. The summed E-state index contributed by atoms with van der Waals surface area (Å²) >= 11 is 0. The van der Waals surface area contributed by atoms with Gasteiger partial charge in [0.1, 0.15) is 23.5 Å². The highest BCUT2D eigenvalue weighted by Crippen LogP contribution is 2.36. The summed E-state index contributed by atoms with van der Waals surface area (Å²) in [6, 6.07) is 10.2. The average Bonchev–Trinajstić information content (AvgIpc) is 2.76. The zero-order valence-electron chi connectivity index (χ0n) is 18.9. The van der Waals surface area contributed by atoms with Gasteiger partial charge in [-0.15, -0.1) is 0 Å². The van der Waals surface area contributed by atoms with Crippen molar-refractivity contribution in [2.24, 2.45) is 5.73 Å². The van der Waals surface area contributed by atoms with Crippen molar-refractivity contribution in [2.75, 3.05) is 11.4 Å². The van der Waals surface area contributed by atoms with Crippen molar-refractivity contribution in [2.45, 2.75) is 58.1 Å². The maximum Gasteiger partial charge on any atom is 0.404 e. The zero-order chi connectivity index (χ0) is 23.5. The Kier molecular flexibility index (Phi) is 6.62. The Morgan fingerprint density at radius 1 is 1.30 bits per heavy atom. The van der Waals surface area contributed by atoms with Crippen LogP contribution in [0.2, 0.25) is 0 Å². The fourth-order valence-electron chi connectivity index (χ4n) is 4.57. The van der Waals surface area contributed by atoms with Crippen LogP contribution < -0.4 is 10.6 Å². The van der Waals surface area contributed by atoms with Gasteiger partial charge in [0.25, 0.3) is 0 Å². The number of rotatable bonds is 6. The number of aryl methyl sites for hydroxylation is 1. The quantitative estimate of drug-likeness (QED) is 0.541. The second-order valence-corrected chi connectivity index (χ2v) is 8.60. The van der Waals surface area contributed by atoms with Crippen LogP contribution in [-0.2, 0) is 4.74 Å². The number of phenols is 1. The van der Waals surface area contributed by atoms with Crippen molar-refractivity contribution in [1.29, 1.82) is 0 Å². The van der Waals surface area contributed by atoms with Gasteiger partial charge in [0.15, 0.2) is 5.82 Å². The molecule has 0 aliphatic carbocycles. The zero-order valence-corrected chi connectivity index (χ0v) is 18.9. The number of anilines is 1. The van der Waals surface area contributed by atoms with E-state index in [4.69, 9.17) is 15.5 Å². The number of hydrogen-bond donors (Lipinski definition) is 2. The lowest BCUT2D eigenvalue weighted by Gasteiger charge is -2.40. The molecule has 2 atom stereocenters. The molecular weight excluding hydrogens is 423 g/mol. The van der Waals surface area contributed by atoms with E-state index in [1.54, 1.807) is 0 Å². The molecule has 33 heavy (non-hydrogen) atoms. The van der Waals surface area contributed by atoms with E-state index < -0.39 is 11.9 Å². The molecule has 3 aromatic rings. The highest BCUT2D eigenvalue weighted by molar-refractivity contribution is 5.92. The molecule has 174 valence electrons. The largest absolute Gasteiger partial charge is 0.507 e. The number of primary amides is 1. The summed E-state index contributed by atoms with van der Waals surface area (Å²) in [6.45, 7) is 4.71. The first-order valence-corrected chi connectivity index (χ1v) is 11.4. The summed E-state index contributed by atoms with van der Waals surface area (Å²) in [4.78, 5) is 22.9. The lowest BCUT2D eigenvalue weighted by molar-refractivity contribution is 0.0808. The van der Waals surface area contributed by atoms with Crippen molar-refractivity contribution in [3.05, 3.63) is 47.8 Å². The van der Waals surface area contributed by atoms with Crippen molar-refractivity contribution >= 4 is 22.8 Å². The van der Waals surface area contributed by atoms with E-state index in [0.29, 0.717) is 30.7 Å². The number of piperidine rings is 1. The fraction of sp³-hybridized carbons (Fsp3) is 0.400. The minimum atomic E-state index is -0.761. The van der Waals surface area contributed by atoms with Gasteiger partial charge in [-0.2, -0.15) is 0 Å². The summed E-state index contributed by atoms with van der Waals surface area (Å²) in [5, 5.41) is 11.2. The molecule has 0 bridgehead atoms. The van der Waals surface area contributed by atoms with Gasteiger partial charge in [-0.05, 0) is 43.2 Å². The molecule has 1 aliphatic rings. The Bertz CT molecular complexity index is 1150. The third kappa shape index (κ3) is 4.84. The normalized spacial score (nSPS) is 18.5. The number of aromatic nitrogens is 2. The predicted molar refractivity (Wildman–Crippen MR) is 126 cm³/mol. The molecule has 0 spiro atoms. The van der Waals surface area contributed by atoms with E-state index >= 15 is 0 Å². The highest BCUT2D eigenvalue weighted by Gasteiger charge is 2.32. The molecule has 8 heteroatoms. The van der Waals surface area contributed by atoms with Crippen molar-refractivity contribution in [3.63, 3.8) is 0 Å². The third-order valence-corrected chi connectivity index (χ3v) is 6.16. The number of phenolic OH excluding ortho intramolecular Hbond substituents is 1. The molecular formula is C25H29FN4O3. The first-order chi connectivity index (χ1) is 15.9. The predicted octanol–water partition coefficient (Wildman–Crippen LogP) is 5.07. The number of amides is 1. The minimum Gasteiger partial charge on any atom is -0.507 e. The molecule has 3 N–H and O–H groups in total. The first-order valence-electron chi connectivity index (χ1n) is 11.4. The van der Waals surface area contributed by atoms with E-state index in [1.165, 1.54) is 18.2 Å². The monoisotopic (exact) mass is 452 g/mol. The van der Waals surface area contributed by atoms with Gasteiger partial charge in [-0.3, -0.25) is 0 Å². The maximum atomic E-state index is 14.7. The van der Waals surface area contributed by atoms with Gasteiger partial charge >= 0.3 is 6.09 Å². The van der Waals surface area contributed by atoms with E-state index in [-0.39, 0.29) is 29.3 Å². The van der Waals surface area contributed by atoms with Crippen LogP contribution >= 0.6 is 0 Å². The first kappa shape index (κ1) is 22.8. The Morgan fingerprint density at radius 3 is 2.85 bits per heavy atom. The minimum absolute atomic E-state index is 0.0146. The molecule has 1 amide bonds. The van der Waals surface area contributed by atoms with Gasteiger partial charge in [0, 0.05) is 30.8 Å². The molecule has 1 aromatic heterocycles. The van der Waals surface area contributed by atoms with E-state index in [9.17, 15) is 14.3 Å². The third-order valence-electron chi connectivity index (χ3n) is 6.16. The lowest BCUT2D eigenvalue weighted by atomic mass is 9.94. The summed E-state index contributed by atoms with van der Waals surface area (Å²) < 4.78 is 20.0. The number of aromatic hydroxyl groups is 1. The summed E-state index contributed by atoms with van der Waals surface area (Å²) in [6.07, 6.45) is 3.18. The van der Waals surface area contributed by atoms with Crippen LogP contribution in [0.5, 0.6) is 5.75 Å². The molecule has 7 nitrogen and oxygen atoms in total. The molecule has 2 aromatic carbocycles. The van der Waals surface area contributed by atoms with E-state index in [2.05, 4.69) is 16.8 Å². The average molecular weight is 453 g/mol. The number of nitrogens with two attached hydrogens (primary N) is 1. The maximum absolute atomic E-state index is 14.7. The lowest BCUT2D eigenvalue weighted by Crippen LogP contribution is -2.46. The van der Waals surface area contributed by atoms with Gasteiger partial charge in [0.05, 0.1) is 11.1 Å². The second kappa shape index (κ2) is 9.60. The number of halogens is 1. The van der Waals surface area contributed by atoms with Crippen molar-refractivity contribution in [1.82, 2.24) is 9.97 Å². The van der Waals surface area contributed by atoms with Crippen LogP contribution in [0, 0.1) is 12.7 Å². The molecule has 1 fully saturated rings. The van der Waals surface area contributed by atoms with Crippen LogP contribution in [0.25, 0.3) is 22.3 Å². The summed E-state index contributed by atoms with van der Waals surface area (Å²) in [5.41, 5.74) is 6.95. The van der Waals surface area contributed by atoms with E-state index in [0.717, 1.165) is 30.2 Å². The summed E-state index contributed by atoms with van der Waals surface area (Å²) in [5.74, 6) is 0.0489. The van der Waals surface area contributed by atoms with Crippen LogP contribution in [0.3, 0.4) is 0 Å². The number of fused-ring (bicyclic) bond motifs is 1. The van der Waals surface area contributed by atoms with Gasteiger partial charge < -0.3 is 20.5 Å². The van der Waals surface area contributed by atoms with Gasteiger partial charge in [-0.25, -0.2) is 19.2 Å². The molecule has 1 saturated heterocycles. The number of carbonyl (C=O) groups is 1. The molecule has 2 unspecified atom stereocenters. The second-order valence-electron chi connectivity index (χ2n) is 8.60. The van der Waals surface area contributed by atoms with Crippen molar-refractivity contribution in [3.8, 4) is 17.1 Å². The van der Waals surface area contributed by atoms with Crippen LogP contribution in [0.1, 0.15) is 44.6 Å². The SMILES string of the molecule is CCCCC1CC(OC(N)=O)CCN1c1nc(-c2c(O)cccc2F)nc2cc(C)ccc12. The molecule has 2 heterocycles. The number of nitrogens with zero attached hydrogens (tertiary/aromatic N) is 3. The number of ether oxygens (including phenoxy) is 1. The number of benzene rings is 2. The fourth-order valence-corrected chi connectivity index (χ4v) is 4.57. The number of unbranched alkanes of at least 4 members (excludes halogenated alkanes) is 1. The molecule has 0 saturated carbocycles. The molecule has 1 aliphatic heterocycles. The number of carbonyl (C=O) groups excluding carboxylic acids is 1.